The first kappa shape index (κ1) is 9.63. The van der Waals surface area contributed by atoms with Crippen LogP contribution in [0.25, 0.3) is 0 Å². The van der Waals surface area contributed by atoms with Gasteiger partial charge in [0.05, 0.1) is 12.8 Å². The lowest BCUT2D eigenvalue weighted by Crippen LogP contribution is -2.22. The molecular weight excluding hydrogens is 244 g/mol. The molecule has 0 aliphatic rings. The highest BCUT2D eigenvalue weighted by atomic mass is 79.9. The lowest BCUT2D eigenvalue weighted by Gasteiger charge is -2.04. The Morgan fingerprint density at radius 3 is 3.00 bits per heavy atom. The molecule has 0 saturated carbocycles. The van der Waals surface area contributed by atoms with E-state index in [1.807, 2.05) is 0 Å². The number of halogens is 1. The molecule has 0 spiro atoms. The lowest BCUT2D eigenvalue weighted by atomic mass is 10.2. The molecule has 1 aromatic heterocycles. The van der Waals surface area contributed by atoms with E-state index < -0.39 is 12.0 Å². The summed E-state index contributed by atoms with van der Waals surface area (Å²) in [5.41, 5.74) is 6.04. The predicted molar refractivity (Wildman–Crippen MR) is 48.8 cm³/mol. The van der Waals surface area contributed by atoms with Gasteiger partial charge >= 0.3 is 5.97 Å². The molecule has 0 aromatic carbocycles. The fraction of sp³-hybridized carbons (Fsp3) is 0.333. The second-order valence-electron chi connectivity index (χ2n) is 2.03. The van der Waals surface area contributed by atoms with E-state index >= 15 is 0 Å². The summed E-state index contributed by atoms with van der Waals surface area (Å²) in [5, 5.41) is 1.71. The highest BCUT2D eigenvalue weighted by Crippen LogP contribution is 2.20. The van der Waals surface area contributed by atoms with E-state index in [4.69, 9.17) is 5.73 Å². The van der Waals surface area contributed by atoms with Crippen LogP contribution in [0.4, 0.5) is 0 Å². The van der Waals surface area contributed by atoms with Gasteiger partial charge in [0.15, 0.2) is 3.92 Å². The minimum absolute atomic E-state index is 0.479. The summed E-state index contributed by atoms with van der Waals surface area (Å²) in [5.74, 6) is -0.479. The molecule has 1 rings (SSSR count). The van der Waals surface area contributed by atoms with Crippen molar-refractivity contribution < 1.29 is 9.53 Å². The van der Waals surface area contributed by atoms with E-state index in [9.17, 15) is 4.79 Å². The number of ether oxygens (including phenoxy) is 1. The number of carbonyl (C=O) groups excluding carboxylic acids is 1. The van der Waals surface area contributed by atoms with E-state index in [1.54, 1.807) is 5.38 Å². The maximum absolute atomic E-state index is 10.9. The van der Waals surface area contributed by atoms with Crippen LogP contribution < -0.4 is 5.73 Å². The van der Waals surface area contributed by atoms with Crippen molar-refractivity contribution in [3.63, 3.8) is 0 Å². The van der Waals surface area contributed by atoms with Gasteiger partial charge < -0.3 is 10.5 Å². The van der Waals surface area contributed by atoms with Crippen molar-refractivity contribution in [3.05, 3.63) is 15.0 Å². The Bertz CT molecular complexity index is 289. The van der Waals surface area contributed by atoms with Crippen LogP contribution in [0.15, 0.2) is 9.30 Å². The monoisotopic (exact) mass is 250 g/mol. The van der Waals surface area contributed by atoms with E-state index in [0.717, 1.165) is 0 Å². The van der Waals surface area contributed by atoms with Gasteiger partial charge in [-0.1, -0.05) is 0 Å². The van der Waals surface area contributed by atoms with Crippen molar-refractivity contribution in [2.75, 3.05) is 7.11 Å². The Hall–Kier alpha value is -0.460. The topological polar surface area (TPSA) is 65.2 Å². The highest BCUT2D eigenvalue weighted by molar-refractivity contribution is 9.11. The summed E-state index contributed by atoms with van der Waals surface area (Å²) < 4.78 is 5.17. The number of thiazole rings is 1. The molecule has 0 aliphatic heterocycles. The van der Waals surface area contributed by atoms with Gasteiger partial charge in [0, 0.05) is 5.38 Å². The fourth-order valence-electron chi connectivity index (χ4n) is 0.654. The van der Waals surface area contributed by atoms with Crippen molar-refractivity contribution >= 4 is 33.2 Å². The molecule has 0 amide bonds. The van der Waals surface area contributed by atoms with Gasteiger partial charge in [0.2, 0.25) is 0 Å². The average Bonchev–Trinajstić information content (AvgIpc) is 2.49. The second-order valence-corrected chi connectivity index (χ2v) is 4.16. The predicted octanol–water partition coefficient (Wildman–Crippen LogP) is 1.08. The largest absolute Gasteiger partial charge is 0.468 e. The average molecular weight is 251 g/mol. The molecule has 6 heteroatoms. The summed E-state index contributed by atoms with van der Waals surface area (Å²) in [6, 6.07) is -0.780. The third-order valence-corrected chi connectivity index (χ3v) is 2.65. The van der Waals surface area contributed by atoms with Crippen LogP contribution in [0.5, 0.6) is 0 Å². The van der Waals surface area contributed by atoms with Crippen LogP contribution in [-0.4, -0.2) is 18.1 Å². The van der Waals surface area contributed by atoms with Crippen molar-refractivity contribution in [2.45, 2.75) is 6.04 Å². The fourth-order valence-corrected chi connectivity index (χ4v) is 1.71. The van der Waals surface area contributed by atoms with E-state index in [-0.39, 0.29) is 0 Å². The first-order valence-corrected chi connectivity index (χ1v) is 4.76. The molecule has 1 heterocycles. The van der Waals surface area contributed by atoms with Gasteiger partial charge in [0.1, 0.15) is 6.04 Å². The molecule has 1 atom stereocenters. The quantitative estimate of drug-likeness (QED) is 0.798. The van der Waals surface area contributed by atoms with E-state index in [0.29, 0.717) is 9.61 Å². The highest BCUT2D eigenvalue weighted by Gasteiger charge is 2.18. The summed E-state index contributed by atoms with van der Waals surface area (Å²) in [7, 11) is 1.30. The number of aromatic nitrogens is 1. The van der Waals surface area contributed by atoms with Crippen molar-refractivity contribution in [3.8, 4) is 0 Å². The maximum Gasteiger partial charge on any atom is 0.328 e. The number of methoxy groups -OCH3 is 1. The zero-order chi connectivity index (χ0) is 9.14. The molecule has 0 radical (unpaired) electrons. The molecule has 0 bridgehead atoms. The number of nitrogens with two attached hydrogens (primary N) is 1. The van der Waals surface area contributed by atoms with Crippen LogP contribution in [0.2, 0.25) is 0 Å². The first-order valence-electron chi connectivity index (χ1n) is 3.09. The van der Waals surface area contributed by atoms with E-state index in [1.165, 1.54) is 18.4 Å². The first-order chi connectivity index (χ1) is 5.65. The Morgan fingerprint density at radius 1 is 1.92 bits per heavy atom. The summed E-state index contributed by atoms with van der Waals surface area (Å²) in [6.45, 7) is 0. The van der Waals surface area contributed by atoms with Gasteiger partial charge in [-0.05, 0) is 15.9 Å². The molecule has 0 saturated heterocycles. The smallest absolute Gasteiger partial charge is 0.328 e. The van der Waals surface area contributed by atoms with E-state index in [2.05, 4.69) is 25.7 Å². The van der Waals surface area contributed by atoms with Crippen LogP contribution in [0.3, 0.4) is 0 Å². The number of hydrogen-bond acceptors (Lipinski definition) is 5. The molecule has 4 nitrogen and oxygen atoms in total. The minimum atomic E-state index is -0.780. The molecular formula is C6H7BrN2O2S. The lowest BCUT2D eigenvalue weighted by molar-refractivity contribution is -0.142. The van der Waals surface area contributed by atoms with Crippen LogP contribution in [0, 0.1) is 0 Å². The van der Waals surface area contributed by atoms with Crippen LogP contribution in [-0.2, 0) is 9.53 Å². The Kier molecular flexibility index (Phi) is 3.19. The summed E-state index contributed by atoms with van der Waals surface area (Å²) in [4.78, 5) is 14.9. The summed E-state index contributed by atoms with van der Waals surface area (Å²) in [6.07, 6.45) is 0. The Labute approximate surface area is 81.9 Å². The van der Waals surface area contributed by atoms with Crippen LogP contribution >= 0.6 is 27.3 Å². The SMILES string of the molecule is COC(=O)[C@@H](N)c1csc(Br)n1. The Balaban J connectivity index is 2.77. The molecule has 0 unspecified atom stereocenters. The standard InChI is InChI=1S/C6H7BrN2O2S/c1-11-5(10)4(8)3-2-12-6(7)9-3/h2,4H,8H2,1H3/t4-/m0/s1. The minimum Gasteiger partial charge on any atom is -0.468 e. The number of carbonyl (C=O) groups is 1. The number of esters is 1. The molecule has 12 heavy (non-hydrogen) atoms. The van der Waals surface area contributed by atoms with Crippen molar-refractivity contribution in [2.24, 2.45) is 5.73 Å². The molecule has 0 fully saturated rings. The number of hydrogen-bond donors (Lipinski definition) is 1. The van der Waals surface area contributed by atoms with Gasteiger partial charge in [-0.25, -0.2) is 9.78 Å². The van der Waals surface area contributed by atoms with Gasteiger partial charge in [-0.2, -0.15) is 0 Å². The third kappa shape index (κ3) is 2.02. The number of nitrogens with zero attached hydrogens (tertiary/aromatic N) is 1. The molecule has 66 valence electrons. The third-order valence-electron chi connectivity index (χ3n) is 1.27. The van der Waals surface area contributed by atoms with Crippen molar-refractivity contribution in [1.82, 2.24) is 4.98 Å². The van der Waals surface area contributed by atoms with Gasteiger partial charge in [0.25, 0.3) is 0 Å². The molecule has 1 aromatic rings. The zero-order valence-corrected chi connectivity index (χ0v) is 8.68. The van der Waals surface area contributed by atoms with Crippen molar-refractivity contribution in [1.29, 1.82) is 0 Å². The summed E-state index contributed by atoms with van der Waals surface area (Å²) >= 11 is 4.55. The maximum atomic E-state index is 10.9. The zero-order valence-electron chi connectivity index (χ0n) is 6.28. The number of rotatable bonds is 2. The van der Waals surface area contributed by atoms with Crippen LogP contribution in [0.1, 0.15) is 11.7 Å². The Morgan fingerprint density at radius 2 is 2.58 bits per heavy atom. The normalized spacial score (nSPS) is 12.6. The second kappa shape index (κ2) is 3.97. The molecule has 2 N–H and O–H groups in total. The molecule has 0 aliphatic carbocycles. The van der Waals surface area contributed by atoms with Gasteiger partial charge in [-0.3, -0.25) is 0 Å². The van der Waals surface area contributed by atoms with Gasteiger partial charge in [-0.15, -0.1) is 11.3 Å².